The van der Waals surface area contributed by atoms with E-state index in [9.17, 15) is 0 Å². The first kappa shape index (κ1) is 21.8. The normalized spacial score (nSPS) is 18.0. The summed E-state index contributed by atoms with van der Waals surface area (Å²) < 4.78 is 2.65. The van der Waals surface area contributed by atoms with Crippen LogP contribution in [-0.2, 0) is 31.2 Å². The van der Waals surface area contributed by atoms with Gasteiger partial charge in [-0.2, -0.15) is 0 Å². The summed E-state index contributed by atoms with van der Waals surface area (Å²) in [5.74, 6) is 0. The van der Waals surface area contributed by atoms with E-state index in [2.05, 4.69) is 96.2 Å². The summed E-state index contributed by atoms with van der Waals surface area (Å²) in [7, 11) is 0. The van der Waals surface area contributed by atoms with E-state index in [1.54, 1.807) is 34.3 Å². The Kier molecular flexibility index (Phi) is 5.50. The molecule has 0 bridgehead atoms. The number of allylic oxidation sites excluding steroid dienone is 4. The van der Waals surface area contributed by atoms with Gasteiger partial charge < -0.3 is 0 Å². The van der Waals surface area contributed by atoms with Crippen molar-refractivity contribution in [1.29, 1.82) is 0 Å². The molecule has 0 amide bonds. The van der Waals surface area contributed by atoms with Crippen molar-refractivity contribution in [2.45, 2.75) is 80.9 Å². The average Bonchev–Trinajstić information content (AvgIpc) is 3.29. The molecule has 1 saturated heterocycles. The quantitative estimate of drug-likeness (QED) is 0.362. The topological polar surface area (TPSA) is 0 Å². The first-order chi connectivity index (χ1) is 14.6. The maximum atomic E-state index is 2.56. The fraction of sp³-hybridized carbons (Fsp3) is 0.448. The van der Waals surface area contributed by atoms with Crippen molar-refractivity contribution in [3.63, 3.8) is 0 Å². The van der Waals surface area contributed by atoms with Gasteiger partial charge in [0.05, 0.1) is 0 Å². The molecule has 0 unspecified atom stereocenters. The summed E-state index contributed by atoms with van der Waals surface area (Å²) in [5, 5.41) is 0. The Morgan fingerprint density at radius 1 is 0.806 bits per heavy atom. The van der Waals surface area contributed by atoms with Crippen LogP contribution in [0, 0.1) is 0 Å². The Bertz CT molecular complexity index is 1080. The molecule has 0 radical (unpaired) electrons. The van der Waals surface area contributed by atoms with E-state index in [0.717, 1.165) is 3.63 Å². The van der Waals surface area contributed by atoms with Crippen molar-refractivity contribution in [2.24, 2.45) is 0 Å². The number of fused-ring (bicyclic) bond motifs is 3. The monoisotopic (exact) mass is 502 g/mol. The van der Waals surface area contributed by atoms with Gasteiger partial charge in [-0.3, -0.25) is 0 Å². The van der Waals surface area contributed by atoms with Gasteiger partial charge in [-0.25, -0.2) is 0 Å². The summed E-state index contributed by atoms with van der Waals surface area (Å²) in [6.45, 7) is 14.1. The molecule has 0 spiro atoms. The molecule has 2 heteroatoms. The Labute approximate surface area is 197 Å². The molecule has 0 saturated carbocycles. The molecule has 3 aliphatic rings. The predicted octanol–water partition coefficient (Wildman–Crippen LogP) is 8.21. The molecule has 2 aromatic carbocycles. The molecular weight excluding hydrogens is 468 g/mol. The molecule has 1 fully saturated rings. The van der Waals surface area contributed by atoms with Crippen LogP contribution in [0.15, 0.2) is 57.9 Å². The molecule has 0 nitrogen and oxygen atoms in total. The van der Waals surface area contributed by atoms with Gasteiger partial charge in [0.1, 0.15) is 0 Å². The van der Waals surface area contributed by atoms with Crippen molar-refractivity contribution in [3.8, 4) is 11.1 Å². The predicted molar refractivity (Wildman–Crippen MR) is 133 cm³/mol. The minimum absolute atomic E-state index is 0.124. The van der Waals surface area contributed by atoms with Crippen LogP contribution in [0.4, 0.5) is 0 Å². The molecule has 160 valence electrons. The van der Waals surface area contributed by atoms with E-state index in [0.29, 0.717) is 0 Å². The van der Waals surface area contributed by atoms with Crippen LogP contribution in [-0.4, -0.2) is 5.43 Å². The van der Waals surface area contributed by atoms with Crippen molar-refractivity contribution in [2.75, 3.05) is 0 Å². The van der Waals surface area contributed by atoms with Gasteiger partial charge in [-0.15, -0.1) is 0 Å². The van der Waals surface area contributed by atoms with Gasteiger partial charge >= 0.3 is 198 Å². The molecule has 0 atom stereocenters. The van der Waals surface area contributed by atoms with Crippen molar-refractivity contribution in [1.82, 2.24) is 0 Å². The van der Waals surface area contributed by atoms with Crippen molar-refractivity contribution >= 4 is 5.43 Å². The molecule has 1 aliphatic heterocycles. The van der Waals surface area contributed by atoms with Crippen LogP contribution < -0.4 is 0 Å². The zero-order valence-corrected chi connectivity index (χ0v) is 23.6. The van der Waals surface area contributed by atoms with E-state index in [-0.39, 0.29) is 16.3 Å². The number of rotatable bonds is 2. The third kappa shape index (κ3) is 3.87. The van der Waals surface area contributed by atoms with E-state index in [1.165, 1.54) is 24.0 Å². The summed E-state index contributed by atoms with van der Waals surface area (Å²) >= 11 is -1.78. The van der Waals surface area contributed by atoms with Crippen LogP contribution in [0.25, 0.3) is 11.1 Å². The van der Waals surface area contributed by atoms with Gasteiger partial charge in [0.2, 0.25) is 0 Å². The van der Waals surface area contributed by atoms with E-state index >= 15 is 0 Å². The number of hydrogen-bond acceptors (Lipinski definition) is 0. The average molecular weight is 504 g/mol. The Balaban J connectivity index is 1.75. The number of hydrogen-bond donors (Lipinski definition) is 0. The fourth-order valence-electron chi connectivity index (χ4n) is 5.38. The molecule has 1 heterocycles. The Morgan fingerprint density at radius 3 is 1.74 bits per heavy atom. The van der Waals surface area contributed by atoms with E-state index < -0.39 is 20.4 Å². The molecule has 5 rings (SSSR count). The first-order valence-electron chi connectivity index (χ1n) is 12.0. The summed E-state index contributed by atoms with van der Waals surface area (Å²) in [5.41, 5.74) is 9.69. The van der Waals surface area contributed by atoms with Gasteiger partial charge in [0.15, 0.2) is 0 Å². The van der Waals surface area contributed by atoms with Gasteiger partial charge in [0.25, 0.3) is 0 Å². The minimum atomic E-state index is -1.78. The van der Waals surface area contributed by atoms with Crippen LogP contribution in [0.2, 0.25) is 12.1 Å². The van der Waals surface area contributed by atoms with Crippen LogP contribution >= 0.6 is 0 Å². The van der Waals surface area contributed by atoms with Crippen molar-refractivity contribution in [3.05, 3.63) is 80.2 Å². The van der Waals surface area contributed by atoms with E-state index in [1.807, 2.05) is 3.28 Å². The second-order valence-corrected chi connectivity index (χ2v) is 27.4. The second-order valence-electron chi connectivity index (χ2n) is 11.7. The summed E-state index contributed by atoms with van der Waals surface area (Å²) in [4.78, 5) is 0. The molecule has 2 aromatic rings. The summed E-state index contributed by atoms with van der Waals surface area (Å²) in [6, 6.07) is 18.3. The zero-order chi connectivity index (χ0) is 22.0. The summed E-state index contributed by atoms with van der Waals surface area (Å²) in [6.07, 6.45) is 10.1. The van der Waals surface area contributed by atoms with Crippen LogP contribution in [0.5, 0.6) is 0 Å². The third-order valence-electron chi connectivity index (χ3n) is 7.49. The van der Waals surface area contributed by atoms with Gasteiger partial charge in [-0.1, -0.05) is 0 Å². The second kappa shape index (κ2) is 7.81. The molecular formula is C29H36SiZr. The molecule has 31 heavy (non-hydrogen) atoms. The number of benzene rings is 2. The maximum absolute atomic E-state index is 2.56. The SMILES string of the molecule is CC(C)(C)c1ccc2c(c1)-c1cc(C(C)(C)C)ccc1[CH]2[Zr]([C]1=CC=CC1)=[Si]1CCC1. The van der Waals surface area contributed by atoms with Gasteiger partial charge in [0, 0.05) is 0 Å². The van der Waals surface area contributed by atoms with Crippen LogP contribution in [0.1, 0.15) is 80.3 Å². The van der Waals surface area contributed by atoms with E-state index in [4.69, 9.17) is 0 Å². The molecule has 2 aliphatic carbocycles. The fourth-order valence-corrected chi connectivity index (χ4v) is 28.6. The first-order valence-corrected chi connectivity index (χ1v) is 20.3. The standard InChI is InChI=1S/C21H25.C5H5.C3H6Si.Zr/c1-20(2,3)16-9-7-14-11-15-8-10-17(21(4,5)6)13-19(15)18(14)12-16;1-2-4-5-3-1;1-2-4-3-1;/h7-13H,1-6H3;1-3H,4H2;1-3H2;. The zero-order valence-electron chi connectivity index (χ0n) is 20.1. The third-order valence-corrected chi connectivity index (χ3v) is 28.6. The molecule has 0 N–H and O–H groups in total. The van der Waals surface area contributed by atoms with Crippen molar-refractivity contribution < 1.29 is 20.4 Å². The van der Waals surface area contributed by atoms with Crippen LogP contribution in [0.3, 0.4) is 0 Å². The Morgan fingerprint density at radius 2 is 1.35 bits per heavy atom. The molecule has 0 aromatic heterocycles. The van der Waals surface area contributed by atoms with Gasteiger partial charge in [-0.05, 0) is 0 Å². The Hall–Kier alpha value is -0.980.